The van der Waals surface area contributed by atoms with Gasteiger partial charge in [0.1, 0.15) is 11.2 Å². The molecule has 0 amide bonds. The molecule has 1 atom stereocenters. The average molecular weight is 193 g/mol. The third-order valence-corrected chi connectivity index (χ3v) is 2.83. The molecular weight excluding hydrogens is 182 g/mol. The summed E-state index contributed by atoms with van der Waals surface area (Å²) in [4.78, 5) is 0. The summed E-state index contributed by atoms with van der Waals surface area (Å²) >= 11 is 1.26. The lowest BCUT2D eigenvalue weighted by molar-refractivity contribution is 0.475. The molecule has 0 spiro atoms. The Bertz CT molecular complexity index is 302. The van der Waals surface area contributed by atoms with Crippen molar-refractivity contribution in [1.82, 2.24) is 0 Å². The van der Waals surface area contributed by atoms with Crippen molar-refractivity contribution in [3.63, 3.8) is 0 Å². The van der Waals surface area contributed by atoms with Crippen molar-refractivity contribution >= 4 is 11.8 Å². The fourth-order valence-corrected chi connectivity index (χ4v) is 1.73. The van der Waals surface area contributed by atoms with Gasteiger partial charge in [-0.25, -0.2) is 0 Å². The van der Waals surface area contributed by atoms with Crippen molar-refractivity contribution in [2.75, 3.05) is 0 Å². The second-order valence-electron chi connectivity index (χ2n) is 2.70. The predicted molar refractivity (Wildman–Crippen MR) is 54.3 cm³/mol. The van der Waals surface area contributed by atoms with Gasteiger partial charge in [-0.3, -0.25) is 0 Å². The van der Waals surface area contributed by atoms with Crippen LogP contribution < -0.4 is 0 Å². The minimum atomic E-state index is 0.214. The van der Waals surface area contributed by atoms with E-state index >= 15 is 0 Å². The highest BCUT2D eigenvalue weighted by atomic mass is 32.2. The van der Waals surface area contributed by atoms with Crippen LogP contribution in [0.5, 0.6) is 5.75 Å². The molecule has 0 aliphatic heterocycles. The molecule has 1 aromatic rings. The van der Waals surface area contributed by atoms with Gasteiger partial charge in [-0.15, -0.1) is 0 Å². The van der Waals surface area contributed by atoms with E-state index in [9.17, 15) is 0 Å². The van der Waals surface area contributed by atoms with Crippen molar-refractivity contribution in [3.05, 3.63) is 29.8 Å². The molecule has 13 heavy (non-hydrogen) atoms. The summed E-state index contributed by atoms with van der Waals surface area (Å²) in [5, 5.41) is 19.9. The molecule has 0 radical (unpaired) electrons. The number of benzene rings is 1. The Morgan fingerprint density at radius 2 is 2.08 bits per heavy atom. The maximum absolute atomic E-state index is 9.07. The Kier molecular flexibility index (Phi) is 3.66. The largest absolute Gasteiger partial charge is 0.508 e. The molecule has 3 heteroatoms. The van der Waals surface area contributed by atoms with Gasteiger partial charge >= 0.3 is 0 Å². The molecule has 1 rings (SSSR count). The number of rotatable bonds is 3. The van der Waals surface area contributed by atoms with E-state index in [1.165, 1.54) is 11.8 Å². The third kappa shape index (κ3) is 2.67. The Morgan fingerprint density at radius 1 is 1.46 bits per heavy atom. The van der Waals surface area contributed by atoms with Gasteiger partial charge in [0.05, 0.1) is 0 Å². The van der Waals surface area contributed by atoms with Crippen molar-refractivity contribution in [2.45, 2.75) is 18.6 Å². The summed E-state index contributed by atoms with van der Waals surface area (Å²) in [6, 6.07) is 7.01. The van der Waals surface area contributed by atoms with Crippen LogP contribution in [-0.2, 0) is 0 Å². The second kappa shape index (κ2) is 4.78. The zero-order valence-corrected chi connectivity index (χ0v) is 8.21. The van der Waals surface area contributed by atoms with Crippen LogP contribution >= 0.6 is 11.8 Å². The summed E-state index contributed by atoms with van der Waals surface area (Å²) in [7, 11) is 0. The fraction of sp³-hybridized carbons (Fsp3) is 0.300. The number of phenols is 1. The quantitative estimate of drug-likeness (QED) is 0.750. The number of hydrogen-bond acceptors (Lipinski definition) is 3. The summed E-state index contributed by atoms with van der Waals surface area (Å²) in [6.07, 6.45) is 0.920. The average Bonchev–Trinajstić information content (AvgIpc) is 2.16. The number of nitriles is 1. The van der Waals surface area contributed by atoms with E-state index in [1.807, 2.05) is 19.1 Å². The van der Waals surface area contributed by atoms with Gasteiger partial charge in [-0.05, 0) is 35.9 Å². The Labute approximate surface area is 82.2 Å². The molecule has 0 bridgehead atoms. The van der Waals surface area contributed by atoms with Gasteiger partial charge in [0, 0.05) is 5.25 Å². The second-order valence-corrected chi connectivity index (χ2v) is 3.68. The van der Waals surface area contributed by atoms with Gasteiger partial charge < -0.3 is 5.11 Å². The minimum absolute atomic E-state index is 0.214. The van der Waals surface area contributed by atoms with E-state index in [0.717, 1.165) is 12.0 Å². The molecule has 1 unspecified atom stereocenters. The van der Waals surface area contributed by atoms with Crippen molar-refractivity contribution in [3.8, 4) is 11.2 Å². The van der Waals surface area contributed by atoms with Crippen molar-refractivity contribution in [2.24, 2.45) is 0 Å². The first-order valence-electron chi connectivity index (χ1n) is 4.11. The van der Waals surface area contributed by atoms with Crippen LogP contribution in [0.4, 0.5) is 0 Å². The van der Waals surface area contributed by atoms with E-state index < -0.39 is 0 Å². The van der Waals surface area contributed by atoms with E-state index in [1.54, 1.807) is 12.1 Å². The molecular formula is C10H11NOS. The van der Waals surface area contributed by atoms with E-state index in [-0.39, 0.29) is 11.0 Å². The Balaban J connectivity index is 2.80. The molecule has 0 saturated carbocycles. The highest BCUT2D eigenvalue weighted by Gasteiger charge is 2.08. The van der Waals surface area contributed by atoms with E-state index in [4.69, 9.17) is 10.4 Å². The molecule has 1 aromatic carbocycles. The number of aromatic hydroxyl groups is 1. The third-order valence-electron chi connectivity index (χ3n) is 1.83. The van der Waals surface area contributed by atoms with E-state index in [0.29, 0.717) is 0 Å². The monoisotopic (exact) mass is 193 g/mol. The topological polar surface area (TPSA) is 44.0 Å². The van der Waals surface area contributed by atoms with Gasteiger partial charge in [-0.1, -0.05) is 19.1 Å². The number of nitrogens with zero attached hydrogens (tertiary/aromatic N) is 1. The number of thiocyanates is 1. The van der Waals surface area contributed by atoms with Gasteiger partial charge in [-0.2, -0.15) is 5.26 Å². The maximum atomic E-state index is 9.07. The number of phenolic OH excluding ortho intramolecular Hbond substituents is 1. The summed E-state index contributed by atoms with van der Waals surface area (Å²) in [5.74, 6) is 0.264. The van der Waals surface area contributed by atoms with Gasteiger partial charge in [0.15, 0.2) is 0 Å². The molecule has 0 aliphatic rings. The molecule has 1 N–H and O–H groups in total. The number of thioether (sulfide) groups is 1. The normalized spacial score (nSPS) is 12.0. The lowest BCUT2D eigenvalue weighted by Crippen LogP contribution is -1.89. The van der Waals surface area contributed by atoms with Crippen LogP contribution in [-0.4, -0.2) is 5.11 Å². The first-order valence-corrected chi connectivity index (χ1v) is 4.99. The van der Waals surface area contributed by atoms with Crippen molar-refractivity contribution < 1.29 is 5.11 Å². The Morgan fingerprint density at radius 3 is 2.54 bits per heavy atom. The first-order chi connectivity index (χ1) is 6.27. The summed E-state index contributed by atoms with van der Waals surface area (Å²) < 4.78 is 0. The molecule has 0 aromatic heterocycles. The molecule has 2 nitrogen and oxygen atoms in total. The minimum Gasteiger partial charge on any atom is -0.508 e. The zero-order chi connectivity index (χ0) is 9.68. The molecule has 0 saturated heterocycles. The van der Waals surface area contributed by atoms with Crippen LogP contribution in [0.25, 0.3) is 0 Å². The van der Waals surface area contributed by atoms with Gasteiger partial charge in [0.25, 0.3) is 0 Å². The maximum Gasteiger partial charge on any atom is 0.133 e. The fourth-order valence-electron chi connectivity index (χ4n) is 1.14. The zero-order valence-electron chi connectivity index (χ0n) is 7.40. The Hall–Kier alpha value is -1.14. The van der Waals surface area contributed by atoms with Crippen LogP contribution in [0.2, 0.25) is 0 Å². The van der Waals surface area contributed by atoms with Gasteiger partial charge in [0.2, 0.25) is 0 Å². The van der Waals surface area contributed by atoms with Crippen LogP contribution in [0.3, 0.4) is 0 Å². The lowest BCUT2D eigenvalue weighted by atomic mass is 10.1. The molecule has 0 aliphatic carbocycles. The highest BCUT2D eigenvalue weighted by Crippen LogP contribution is 2.31. The van der Waals surface area contributed by atoms with E-state index in [2.05, 4.69) is 5.40 Å². The SMILES string of the molecule is CCC(SC#N)c1ccc(O)cc1. The van der Waals surface area contributed by atoms with Crippen LogP contribution in [0.1, 0.15) is 24.2 Å². The lowest BCUT2D eigenvalue weighted by Gasteiger charge is -2.09. The smallest absolute Gasteiger partial charge is 0.133 e. The molecule has 0 fully saturated rings. The molecule has 0 heterocycles. The first kappa shape index (κ1) is 9.94. The predicted octanol–water partition coefficient (Wildman–Crippen LogP) is 3.06. The highest BCUT2D eigenvalue weighted by molar-refractivity contribution is 8.03. The van der Waals surface area contributed by atoms with Crippen LogP contribution in [0.15, 0.2) is 24.3 Å². The number of hydrogen-bond donors (Lipinski definition) is 1. The van der Waals surface area contributed by atoms with Crippen LogP contribution in [0, 0.1) is 10.7 Å². The molecule has 68 valence electrons. The van der Waals surface area contributed by atoms with Crippen molar-refractivity contribution in [1.29, 1.82) is 5.26 Å². The summed E-state index contributed by atoms with van der Waals surface area (Å²) in [5.41, 5.74) is 1.09. The summed E-state index contributed by atoms with van der Waals surface area (Å²) in [6.45, 7) is 2.04. The standard InChI is InChI=1S/C10H11NOS/c1-2-10(13-7-11)8-3-5-9(12)6-4-8/h3-6,10,12H,2H2,1H3.